The van der Waals surface area contributed by atoms with Crippen LogP contribution in [0.25, 0.3) is 0 Å². The first-order chi connectivity index (χ1) is 11.1. The van der Waals surface area contributed by atoms with Crippen LogP contribution >= 0.6 is 11.6 Å². The quantitative estimate of drug-likeness (QED) is 0.514. The number of rotatable bonds is 3. The first kappa shape index (κ1) is 15.2. The zero-order valence-electron chi connectivity index (χ0n) is 12.1. The summed E-state index contributed by atoms with van der Waals surface area (Å²) in [5.74, 6) is 0.765. The number of hydrazone groups is 1. The first-order valence-corrected chi connectivity index (χ1v) is 7.29. The number of carbonyl (C=O) groups is 1. The molecule has 2 aromatic carbocycles. The van der Waals surface area contributed by atoms with Crippen LogP contribution in [0.4, 0.5) is 5.69 Å². The zero-order valence-corrected chi connectivity index (χ0v) is 12.8. The second-order valence-electron chi connectivity index (χ2n) is 4.85. The van der Waals surface area contributed by atoms with E-state index in [9.17, 15) is 4.79 Å². The Bertz CT molecular complexity index is 760. The maximum atomic E-state index is 11.9. The van der Waals surface area contributed by atoms with Crippen molar-refractivity contribution in [2.24, 2.45) is 5.10 Å². The highest BCUT2D eigenvalue weighted by molar-refractivity contribution is 6.32. The van der Waals surface area contributed by atoms with Gasteiger partial charge in [-0.3, -0.25) is 4.79 Å². The van der Waals surface area contributed by atoms with Gasteiger partial charge in [0.2, 0.25) is 0 Å². The minimum Gasteiger partial charge on any atom is -0.486 e. The van der Waals surface area contributed by atoms with E-state index in [2.05, 4.69) is 10.5 Å². The Labute approximate surface area is 137 Å². The maximum Gasteiger partial charge on any atom is 0.271 e. The molecule has 118 valence electrons. The summed E-state index contributed by atoms with van der Waals surface area (Å²) in [5, 5.41) is 4.36. The molecule has 1 amide bonds. The first-order valence-electron chi connectivity index (χ1n) is 6.91. The molecule has 0 atom stereocenters. The van der Waals surface area contributed by atoms with Gasteiger partial charge in [-0.1, -0.05) is 11.6 Å². The molecule has 0 saturated carbocycles. The number of nitrogens with two attached hydrogens (primary N) is 1. The Morgan fingerprint density at radius 2 is 1.96 bits per heavy atom. The van der Waals surface area contributed by atoms with E-state index in [0.717, 1.165) is 0 Å². The van der Waals surface area contributed by atoms with Crippen molar-refractivity contribution in [1.82, 2.24) is 5.43 Å². The van der Waals surface area contributed by atoms with Crippen LogP contribution in [0.15, 0.2) is 41.5 Å². The van der Waals surface area contributed by atoms with Crippen molar-refractivity contribution in [1.29, 1.82) is 0 Å². The molecule has 0 aliphatic carbocycles. The molecule has 0 bridgehead atoms. The lowest BCUT2D eigenvalue weighted by molar-refractivity contribution is 0.0955. The number of ether oxygens (including phenoxy) is 2. The van der Waals surface area contributed by atoms with Gasteiger partial charge in [-0.25, -0.2) is 5.43 Å². The minimum absolute atomic E-state index is 0.329. The van der Waals surface area contributed by atoms with Crippen molar-refractivity contribution < 1.29 is 14.3 Å². The smallest absolute Gasteiger partial charge is 0.271 e. The number of fused-ring (bicyclic) bond motifs is 1. The maximum absolute atomic E-state index is 11.9. The number of halogens is 1. The largest absolute Gasteiger partial charge is 0.486 e. The van der Waals surface area contributed by atoms with E-state index in [0.29, 0.717) is 46.5 Å². The Hall–Kier alpha value is -2.73. The lowest BCUT2D eigenvalue weighted by Crippen LogP contribution is -2.18. The van der Waals surface area contributed by atoms with E-state index in [1.54, 1.807) is 36.4 Å². The summed E-state index contributed by atoms with van der Waals surface area (Å²) in [6.07, 6.45) is 1.49. The number of hydrogen-bond acceptors (Lipinski definition) is 5. The van der Waals surface area contributed by atoms with Gasteiger partial charge in [0.1, 0.15) is 13.2 Å². The number of nitrogens with zero attached hydrogens (tertiary/aromatic N) is 1. The summed E-state index contributed by atoms with van der Waals surface area (Å²) < 4.78 is 10.9. The summed E-state index contributed by atoms with van der Waals surface area (Å²) >= 11 is 6.13. The number of benzene rings is 2. The fourth-order valence-electron chi connectivity index (χ4n) is 2.07. The highest BCUT2D eigenvalue weighted by Crippen LogP contribution is 2.37. The molecule has 6 nitrogen and oxygen atoms in total. The fourth-order valence-corrected chi connectivity index (χ4v) is 2.34. The Morgan fingerprint density at radius 1 is 1.22 bits per heavy atom. The molecule has 7 heteroatoms. The number of amides is 1. The molecule has 0 unspecified atom stereocenters. The SMILES string of the molecule is Nc1ccc(C(=O)N/N=C\c2cc(Cl)c3c(c2)OCCO3)cc1. The summed E-state index contributed by atoms with van der Waals surface area (Å²) in [4.78, 5) is 11.9. The molecule has 3 rings (SSSR count). The van der Waals surface area contributed by atoms with Crippen LogP contribution in [0.3, 0.4) is 0 Å². The second-order valence-corrected chi connectivity index (χ2v) is 5.26. The van der Waals surface area contributed by atoms with Crippen LogP contribution in [0, 0.1) is 0 Å². The molecule has 1 aliphatic rings. The van der Waals surface area contributed by atoms with Crippen molar-refractivity contribution in [2.45, 2.75) is 0 Å². The second kappa shape index (κ2) is 6.58. The van der Waals surface area contributed by atoms with Crippen molar-refractivity contribution in [3.05, 3.63) is 52.5 Å². The third-order valence-electron chi connectivity index (χ3n) is 3.17. The average molecular weight is 332 g/mol. The van der Waals surface area contributed by atoms with Crippen LogP contribution in [0.5, 0.6) is 11.5 Å². The van der Waals surface area contributed by atoms with Gasteiger partial charge in [-0.05, 0) is 42.0 Å². The fraction of sp³-hybridized carbons (Fsp3) is 0.125. The summed E-state index contributed by atoms with van der Waals surface area (Å²) in [6, 6.07) is 9.99. The van der Waals surface area contributed by atoms with Crippen LogP contribution < -0.4 is 20.6 Å². The highest BCUT2D eigenvalue weighted by atomic mass is 35.5. The van der Waals surface area contributed by atoms with Gasteiger partial charge in [-0.15, -0.1) is 0 Å². The van der Waals surface area contributed by atoms with Gasteiger partial charge in [0.25, 0.3) is 5.91 Å². The zero-order chi connectivity index (χ0) is 16.2. The minimum atomic E-state index is -0.329. The number of hydrogen-bond donors (Lipinski definition) is 2. The van der Waals surface area contributed by atoms with E-state index in [-0.39, 0.29) is 5.91 Å². The number of nitrogens with one attached hydrogen (secondary N) is 1. The molecule has 0 aromatic heterocycles. The summed E-state index contributed by atoms with van der Waals surface area (Å²) in [6.45, 7) is 0.940. The van der Waals surface area contributed by atoms with Crippen molar-refractivity contribution >= 4 is 29.4 Å². The number of nitrogen functional groups attached to an aromatic ring is 1. The molecule has 0 radical (unpaired) electrons. The number of carbonyl (C=O) groups excluding carboxylic acids is 1. The summed E-state index contributed by atoms with van der Waals surface area (Å²) in [5.41, 5.74) is 9.77. The van der Waals surface area contributed by atoms with Gasteiger partial charge in [0.15, 0.2) is 11.5 Å². The van der Waals surface area contributed by atoms with Crippen molar-refractivity contribution in [3.63, 3.8) is 0 Å². The summed E-state index contributed by atoms with van der Waals surface area (Å²) in [7, 11) is 0. The normalized spacial score (nSPS) is 13.1. The molecule has 1 aliphatic heterocycles. The predicted molar refractivity (Wildman–Crippen MR) is 88.4 cm³/mol. The highest BCUT2D eigenvalue weighted by Gasteiger charge is 2.16. The van der Waals surface area contributed by atoms with Crippen LogP contribution in [0.2, 0.25) is 5.02 Å². The molecule has 3 N–H and O–H groups in total. The van der Waals surface area contributed by atoms with Gasteiger partial charge < -0.3 is 15.2 Å². The van der Waals surface area contributed by atoms with Crippen molar-refractivity contribution in [2.75, 3.05) is 18.9 Å². The van der Waals surface area contributed by atoms with Crippen molar-refractivity contribution in [3.8, 4) is 11.5 Å². The van der Waals surface area contributed by atoms with Gasteiger partial charge in [0, 0.05) is 11.3 Å². The van der Waals surface area contributed by atoms with Gasteiger partial charge in [-0.2, -0.15) is 5.10 Å². The van der Waals surface area contributed by atoms with E-state index < -0.39 is 0 Å². The van der Waals surface area contributed by atoms with Gasteiger partial charge in [0.05, 0.1) is 11.2 Å². The molecule has 2 aromatic rings. The standard InChI is InChI=1S/C16H14ClN3O3/c17-13-7-10(8-14-15(13)23-6-5-22-14)9-19-20-16(21)11-1-3-12(18)4-2-11/h1-4,7-9H,5-6,18H2,(H,20,21)/b19-9-. The average Bonchev–Trinajstić information content (AvgIpc) is 2.55. The Kier molecular flexibility index (Phi) is 4.34. The van der Waals surface area contributed by atoms with Crippen LogP contribution in [0.1, 0.15) is 15.9 Å². The Morgan fingerprint density at radius 3 is 2.74 bits per heavy atom. The molecule has 0 spiro atoms. The molecule has 23 heavy (non-hydrogen) atoms. The third-order valence-corrected chi connectivity index (χ3v) is 3.45. The Balaban J connectivity index is 1.69. The molecule has 1 heterocycles. The predicted octanol–water partition coefficient (Wildman–Crippen LogP) is 2.46. The molecule has 0 fully saturated rings. The lowest BCUT2D eigenvalue weighted by Gasteiger charge is -2.19. The van der Waals surface area contributed by atoms with Crippen LogP contribution in [-0.2, 0) is 0 Å². The van der Waals surface area contributed by atoms with Crippen LogP contribution in [-0.4, -0.2) is 25.3 Å². The van der Waals surface area contributed by atoms with E-state index in [1.807, 2.05) is 0 Å². The molecular weight excluding hydrogens is 318 g/mol. The van der Waals surface area contributed by atoms with E-state index in [1.165, 1.54) is 6.21 Å². The topological polar surface area (TPSA) is 85.9 Å². The van der Waals surface area contributed by atoms with Gasteiger partial charge >= 0.3 is 0 Å². The number of anilines is 1. The van der Waals surface area contributed by atoms with E-state index >= 15 is 0 Å². The molecule has 0 saturated heterocycles. The monoisotopic (exact) mass is 331 g/mol. The van der Waals surface area contributed by atoms with E-state index in [4.69, 9.17) is 26.8 Å². The molecular formula is C16H14ClN3O3. The third kappa shape index (κ3) is 3.54. The lowest BCUT2D eigenvalue weighted by atomic mass is 10.2.